The molecule has 0 aliphatic rings. The van der Waals surface area contributed by atoms with Crippen molar-refractivity contribution in [3.05, 3.63) is 0 Å². The Morgan fingerprint density at radius 3 is 0.845 bits per heavy atom. The van der Waals surface area contributed by atoms with Gasteiger partial charge in [-0.15, -0.1) is 0 Å². The summed E-state index contributed by atoms with van der Waals surface area (Å²) in [5.74, 6) is -0.0256. The van der Waals surface area contributed by atoms with Crippen LogP contribution in [-0.2, 0) is 28.6 Å². The Balaban J connectivity index is 4.32. The van der Waals surface area contributed by atoms with Crippen LogP contribution in [-0.4, -0.2) is 37.2 Å². The van der Waals surface area contributed by atoms with Gasteiger partial charge in [0.25, 0.3) is 0 Å². The first-order valence-electron chi connectivity index (χ1n) is 25.9. The van der Waals surface area contributed by atoms with Gasteiger partial charge in [-0.25, -0.2) is 0 Å². The van der Waals surface area contributed by atoms with Gasteiger partial charge >= 0.3 is 17.9 Å². The molecule has 0 radical (unpaired) electrons. The highest BCUT2D eigenvalue weighted by Gasteiger charge is 2.19. The van der Waals surface area contributed by atoms with Crippen LogP contribution in [0.4, 0.5) is 0 Å². The maximum absolute atomic E-state index is 12.8. The quantitative estimate of drug-likeness (QED) is 0.0346. The molecule has 58 heavy (non-hydrogen) atoms. The van der Waals surface area contributed by atoms with E-state index in [0.29, 0.717) is 19.3 Å². The fourth-order valence-corrected chi connectivity index (χ4v) is 7.86. The molecule has 0 saturated heterocycles. The van der Waals surface area contributed by atoms with Gasteiger partial charge in [-0.3, -0.25) is 14.4 Å². The van der Waals surface area contributed by atoms with Crippen LogP contribution in [0.2, 0.25) is 0 Å². The van der Waals surface area contributed by atoms with Gasteiger partial charge in [0.05, 0.1) is 0 Å². The van der Waals surface area contributed by atoms with E-state index in [4.69, 9.17) is 14.2 Å². The molecule has 1 atom stereocenters. The molecular weight excluding hydrogens is 721 g/mol. The molecule has 0 aromatic rings. The number of rotatable bonds is 47. The Morgan fingerprint density at radius 2 is 0.569 bits per heavy atom. The Hall–Kier alpha value is -1.59. The summed E-state index contributed by atoms with van der Waals surface area (Å²) in [6.07, 6.45) is 48.0. The van der Waals surface area contributed by atoms with Crippen LogP contribution in [0.25, 0.3) is 0 Å². The van der Waals surface area contributed by atoms with Gasteiger partial charge < -0.3 is 14.2 Å². The molecule has 0 N–H and O–H groups in total. The monoisotopic (exact) mass is 821 g/mol. The number of hydrogen-bond donors (Lipinski definition) is 0. The molecule has 0 bridgehead atoms. The second-order valence-electron chi connectivity index (χ2n) is 18.3. The highest BCUT2D eigenvalue weighted by molar-refractivity contribution is 5.71. The number of carbonyl (C=O) groups is 3. The Labute approximate surface area is 361 Å². The predicted molar refractivity (Wildman–Crippen MR) is 247 cm³/mol. The molecule has 0 aliphatic carbocycles. The van der Waals surface area contributed by atoms with Crippen LogP contribution < -0.4 is 0 Å². The van der Waals surface area contributed by atoms with Gasteiger partial charge in [-0.05, 0) is 25.2 Å². The van der Waals surface area contributed by atoms with Gasteiger partial charge in [0.2, 0.25) is 0 Å². The standard InChI is InChI=1S/C52H100O6/c1-5-7-9-11-13-15-17-19-21-23-29-33-37-41-45-52(55)58-49(46-56-50(53)43-39-35-31-27-22-20-18-16-14-12-10-8-6-2)47-57-51(54)44-40-36-32-28-25-24-26-30-34-38-42-48(3)4/h48-49H,5-47H2,1-4H3/t49-/m0/s1. The van der Waals surface area contributed by atoms with Crippen molar-refractivity contribution in [3.8, 4) is 0 Å². The van der Waals surface area contributed by atoms with E-state index in [9.17, 15) is 14.4 Å². The van der Waals surface area contributed by atoms with Crippen molar-refractivity contribution in [2.45, 2.75) is 297 Å². The lowest BCUT2D eigenvalue weighted by Crippen LogP contribution is -2.30. The molecule has 0 fully saturated rings. The van der Waals surface area contributed by atoms with E-state index in [1.54, 1.807) is 0 Å². The molecule has 0 saturated carbocycles. The molecule has 6 heteroatoms. The van der Waals surface area contributed by atoms with Crippen molar-refractivity contribution < 1.29 is 28.6 Å². The normalized spacial score (nSPS) is 11.9. The first-order chi connectivity index (χ1) is 28.4. The third-order valence-electron chi connectivity index (χ3n) is 11.8. The number of hydrogen-bond acceptors (Lipinski definition) is 6. The minimum atomic E-state index is -0.760. The summed E-state index contributed by atoms with van der Waals surface area (Å²) in [6, 6.07) is 0. The molecule has 0 aromatic carbocycles. The lowest BCUT2D eigenvalue weighted by Gasteiger charge is -2.18. The summed E-state index contributed by atoms with van der Waals surface area (Å²) < 4.78 is 16.8. The SMILES string of the molecule is CCCCCCCCCCCCCCCCC(=O)O[C@@H](COC(=O)CCCCCCCCCCCCCCC)COC(=O)CCCCCCCCCCCCC(C)C. The van der Waals surface area contributed by atoms with Crippen LogP contribution in [0.3, 0.4) is 0 Å². The van der Waals surface area contributed by atoms with E-state index in [1.165, 1.54) is 186 Å². The first kappa shape index (κ1) is 56.4. The number of carbonyl (C=O) groups excluding carboxylic acids is 3. The van der Waals surface area contributed by atoms with Gasteiger partial charge in [0.15, 0.2) is 6.10 Å². The maximum atomic E-state index is 12.8. The van der Waals surface area contributed by atoms with Gasteiger partial charge in [0.1, 0.15) is 13.2 Å². The van der Waals surface area contributed by atoms with Gasteiger partial charge in [-0.2, -0.15) is 0 Å². The minimum absolute atomic E-state index is 0.0627. The lowest BCUT2D eigenvalue weighted by atomic mass is 10.0. The highest BCUT2D eigenvalue weighted by atomic mass is 16.6. The summed E-state index contributed by atoms with van der Waals surface area (Å²) in [5, 5.41) is 0. The van der Waals surface area contributed by atoms with E-state index in [-0.39, 0.29) is 31.1 Å². The fraction of sp³-hybridized carbons (Fsp3) is 0.942. The third kappa shape index (κ3) is 45.5. The van der Waals surface area contributed by atoms with E-state index >= 15 is 0 Å². The molecular formula is C52H100O6. The molecule has 0 unspecified atom stereocenters. The third-order valence-corrected chi connectivity index (χ3v) is 11.8. The smallest absolute Gasteiger partial charge is 0.306 e. The van der Waals surface area contributed by atoms with Crippen LogP contribution in [0.15, 0.2) is 0 Å². The van der Waals surface area contributed by atoms with Crippen LogP contribution >= 0.6 is 0 Å². The number of unbranched alkanes of at least 4 members (excludes halogenated alkanes) is 34. The Kier molecular flexibility index (Phi) is 45.2. The average molecular weight is 821 g/mol. The highest BCUT2D eigenvalue weighted by Crippen LogP contribution is 2.17. The van der Waals surface area contributed by atoms with Crippen molar-refractivity contribution >= 4 is 17.9 Å². The number of esters is 3. The second-order valence-corrected chi connectivity index (χ2v) is 18.3. The zero-order valence-corrected chi connectivity index (χ0v) is 39.5. The maximum Gasteiger partial charge on any atom is 0.306 e. The van der Waals surface area contributed by atoms with Crippen LogP contribution in [0.1, 0.15) is 291 Å². The summed E-state index contributed by atoms with van der Waals surface area (Å²) in [5.41, 5.74) is 0. The molecule has 0 aliphatic heterocycles. The summed E-state index contributed by atoms with van der Waals surface area (Å²) in [4.78, 5) is 37.9. The van der Waals surface area contributed by atoms with Crippen molar-refractivity contribution in [1.29, 1.82) is 0 Å². The minimum Gasteiger partial charge on any atom is -0.462 e. The molecule has 344 valence electrons. The zero-order valence-electron chi connectivity index (χ0n) is 39.5. The van der Waals surface area contributed by atoms with Gasteiger partial charge in [0, 0.05) is 19.3 Å². The van der Waals surface area contributed by atoms with Crippen molar-refractivity contribution in [2.75, 3.05) is 13.2 Å². The number of ether oxygens (including phenoxy) is 3. The zero-order chi connectivity index (χ0) is 42.4. The average Bonchev–Trinajstić information content (AvgIpc) is 3.21. The lowest BCUT2D eigenvalue weighted by molar-refractivity contribution is -0.167. The van der Waals surface area contributed by atoms with Crippen LogP contribution in [0, 0.1) is 5.92 Å². The second kappa shape index (κ2) is 46.5. The van der Waals surface area contributed by atoms with Crippen LogP contribution in [0.5, 0.6) is 0 Å². The Bertz CT molecular complexity index is 872. The van der Waals surface area contributed by atoms with E-state index in [2.05, 4.69) is 27.7 Å². The van der Waals surface area contributed by atoms with Crippen molar-refractivity contribution in [1.82, 2.24) is 0 Å². The molecule has 0 heterocycles. The summed E-state index contributed by atoms with van der Waals surface area (Å²) in [7, 11) is 0. The van der Waals surface area contributed by atoms with Crippen molar-refractivity contribution in [2.24, 2.45) is 5.92 Å². The summed E-state index contributed by atoms with van der Waals surface area (Å²) in [6.45, 7) is 9.02. The first-order valence-corrected chi connectivity index (χ1v) is 25.9. The largest absolute Gasteiger partial charge is 0.462 e. The van der Waals surface area contributed by atoms with E-state index < -0.39 is 6.10 Å². The predicted octanol–water partition coefficient (Wildman–Crippen LogP) is 16.7. The van der Waals surface area contributed by atoms with Gasteiger partial charge in [-0.1, -0.05) is 252 Å². The molecule has 0 aromatic heterocycles. The molecule has 0 amide bonds. The topological polar surface area (TPSA) is 78.9 Å². The molecule has 6 nitrogen and oxygen atoms in total. The van der Waals surface area contributed by atoms with E-state index in [1.807, 2.05) is 0 Å². The van der Waals surface area contributed by atoms with E-state index in [0.717, 1.165) is 63.7 Å². The fourth-order valence-electron chi connectivity index (χ4n) is 7.86. The summed E-state index contributed by atoms with van der Waals surface area (Å²) >= 11 is 0. The van der Waals surface area contributed by atoms with Crippen molar-refractivity contribution in [3.63, 3.8) is 0 Å². The molecule has 0 spiro atoms. The molecule has 0 rings (SSSR count). The Morgan fingerprint density at radius 1 is 0.328 bits per heavy atom.